The first-order valence-electron chi connectivity index (χ1n) is 7.48. The number of carbonyl (C=O) groups excluding carboxylic acids is 1. The number of hydrogen-bond acceptors (Lipinski definition) is 2. The summed E-state index contributed by atoms with van der Waals surface area (Å²) in [6.07, 6.45) is -5.95. The van der Waals surface area contributed by atoms with E-state index in [1.165, 1.54) is 24.3 Å². The predicted octanol–water partition coefficient (Wildman–Crippen LogP) is 6.21. The molecule has 2 rings (SSSR count). The van der Waals surface area contributed by atoms with Gasteiger partial charge in [0.15, 0.2) is 0 Å². The van der Waals surface area contributed by atoms with Crippen molar-refractivity contribution >= 4 is 40.5 Å². The molecule has 152 valence electrons. The number of benzene rings is 2. The Morgan fingerprint density at radius 1 is 0.964 bits per heavy atom. The van der Waals surface area contributed by atoms with Crippen LogP contribution < -0.4 is 11.1 Å². The van der Waals surface area contributed by atoms with Crippen molar-refractivity contribution in [1.29, 1.82) is 0 Å². The smallest absolute Gasteiger partial charge is 0.399 e. The van der Waals surface area contributed by atoms with Gasteiger partial charge in [0.25, 0.3) is 17.5 Å². The number of halogens is 8. The van der Waals surface area contributed by atoms with Gasteiger partial charge in [-0.25, -0.2) is 13.2 Å². The second kappa shape index (κ2) is 7.36. The quantitative estimate of drug-likeness (QED) is 0.435. The van der Waals surface area contributed by atoms with Crippen molar-refractivity contribution < 1.29 is 31.1 Å². The molecule has 0 aliphatic heterocycles. The van der Waals surface area contributed by atoms with Crippen LogP contribution in [0.25, 0.3) is 0 Å². The van der Waals surface area contributed by atoms with Crippen LogP contribution in [0.1, 0.15) is 22.8 Å². The lowest BCUT2D eigenvalue weighted by Crippen LogP contribution is -2.51. The fourth-order valence-corrected chi connectivity index (χ4v) is 2.96. The van der Waals surface area contributed by atoms with E-state index in [4.69, 9.17) is 28.9 Å². The Morgan fingerprint density at radius 2 is 1.43 bits per heavy atom. The topological polar surface area (TPSA) is 55.1 Å². The Morgan fingerprint density at radius 3 is 1.82 bits per heavy atom. The minimum absolute atomic E-state index is 0.112. The molecule has 1 atom stereocenters. The van der Waals surface area contributed by atoms with Gasteiger partial charge in [-0.1, -0.05) is 23.2 Å². The fraction of sp³-hybridized carbons (Fsp3) is 0.235. The minimum atomic E-state index is -5.95. The zero-order chi connectivity index (χ0) is 21.5. The van der Waals surface area contributed by atoms with Crippen LogP contribution in [0.3, 0.4) is 0 Å². The van der Waals surface area contributed by atoms with Crippen molar-refractivity contribution in [3.8, 4) is 0 Å². The molecular weight excluding hydrogens is 433 g/mol. The molecular formula is C17H12Cl2F6N2O. The molecule has 0 heterocycles. The summed E-state index contributed by atoms with van der Waals surface area (Å²) in [5, 5.41) is 0.933. The van der Waals surface area contributed by atoms with Gasteiger partial charge in [-0.2, -0.15) is 13.2 Å². The number of nitrogen functional groups attached to an aromatic ring is 1. The molecule has 0 radical (unpaired) electrons. The summed E-state index contributed by atoms with van der Waals surface area (Å²) in [5.41, 5.74) is -0.908. The molecule has 0 aliphatic carbocycles. The third kappa shape index (κ3) is 4.00. The van der Waals surface area contributed by atoms with Crippen molar-refractivity contribution in [3.05, 3.63) is 57.6 Å². The highest BCUT2D eigenvalue weighted by atomic mass is 35.5. The maximum absolute atomic E-state index is 14.5. The summed E-state index contributed by atoms with van der Waals surface area (Å²) in [4.78, 5) is 12.2. The molecule has 11 heteroatoms. The van der Waals surface area contributed by atoms with Gasteiger partial charge in [0, 0.05) is 23.7 Å². The number of alkyl halides is 6. The van der Waals surface area contributed by atoms with Gasteiger partial charge in [0.05, 0.1) is 15.7 Å². The van der Waals surface area contributed by atoms with Crippen LogP contribution >= 0.6 is 23.2 Å². The molecule has 0 saturated carbocycles. The zero-order valence-electron chi connectivity index (χ0n) is 14.0. The molecule has 1 unspecified atom stereocenters. The summed E-state index contributed by atoms with van der Waals surface area (Å²) >= 11 is 11.6. The number of rotatable bonds is 4. The first-order chi connectivity index (χ1) is 12.7. The van der Waals surface area contributed by atoms with Gasteiger partial charge in [0.1, 0.15) is 0 Å². The number of hydrogen-bond donors (Lipinski definition) is 2. The Hall–Kier alpha value is -2.13. The van der Waals surface area contributed by atoms with Crippen molar-refractivity contribution in [3.63, 3.8) is 0 Å². The van der Waals surface area contributed by atoms with Gasteiger partial charge >= 0.3 is 6.18 Å². The van der Waals surface area contributed by atoms with Crippen LogP contribution in [-0.2, 0) is 5.67 Å². The molecule has 28 heavy (non-hydrogen) atoms. The standard InChI is InChI=1S/C17H12Cl2F6N2O/c1-15(20,21)16(22,17(23,24)25)9-6-11(18)13(12(19)7-9)27-14(28)8-2-4-10(26)5-3-8/h2-7H,26H2,1H3,(H,27,28). The van der Waals surface area contributed by atoms with E-state index in [1.807, 2.05) is 0 Å². The highest BCUT2D eigenvalue weighted by Gasteiger charge is 2.70. The van der Waals surface area contributed by atoms with Crippen LogP contribution in [0.4, 0.5) is 37.7 Å². The van der Waals surface area contributed by atoms with Crippen LogP contribution in [0.2, 0.25) is 10.0 Å². The highest BCUT2D eigenvalue weighted by Crippen LogP contribution is 2.53. The Labute approximate surface area is 165 Å². The van der Waals surface area contributed by atoms with Gasteiger partial charge < -0.3 is 11.1 Å². The lowest BCUT2D eigenvalue weighted by atomic mass is 9.89. The monoisotopic (exact) mass is 444 g/mol. The number of nitrogens with two attached hydrogens (primary N) is 1. The summed E-state index contributed by atoms with van der Waals surface area (Å²) < 4.78 is 80.8. The summed E-state index contributed by atoms with van der Waals surface area (Å²) in [6, 6.07) is 6.24. The summed E-state index contributed by atoms with van der Waals surface area (Å²) in [6.45, 7) is -0.209. The van der Waals surface area contributed by atoms with E-state index in [0.717, 1.165) is 0 Å². The van der Waals surface area contributed by atoms with Crippen LogP contribution in [0.15, 0.2) is 36.4 Å². The third-order valence-electron chi connectivity index (χ3n) is 3.85. The molecule has 0 fully saturated rings. The predicted molar refractivity (Wildman–Crippen MR) is 94.7 cm³/mol. The average Bonchev–Trinajstić information content (AvgIpc) is 2.55. The Bertz CT molecular complexity index is 857. The molecule has 3 nitrogen and oxygen atoms in total. The molecule has 0 spiro atoms. The van der Waals surface area contributed by atoms with E-state index in [-0.39, 0.29) is 18.2 Å². The van der Waals surface area contributed by atoms with E-state index in [2.05, 4.69) is 5.32 Å². The molecule has 2 aromatic carbocycles. The normalized spacial score (nSPS) is 14.5. The van der Waals surface area contributed by atoms with Gasteiger partial charge in [-0.15, -0.1) is 0 Å². The first kappa shape index (κ1) is 22.2. The highest BCUT2D eigenvalue weighted by molar-refractivity contribution is 6.40. The zero-order valence-corrected chi connectivity index (χ0v) is 15.5. The minimum Gasteiger partial charge on any atom is -0.399 e. The van der Waals surface area contributed by atoms with Crippen LogP contribution in [-0.4, -0.2) is 18.0 Å². The molecule has 0 aromatic heterocycles. The van der Waals surface area contributed by atoms with Crippen molar-refractivity contribution in [2.24, 2.45) is 0 Å². The number of nitrogens with one attached hydrogen (secondary N) is 1. The molecule has 3 N–H and O–H groups in total. The van der Waals surface area contributed by atoms with Crippen molar-refractivity contribution in [1.82, 2.24) is 0 Å². The second-order valence-electron chi connectivity index (χ2n) is 5.94. The van der Waals surface area contributed by atoms with E-state index < -0.39 is 39.3 Å². The van der Waals surface area contributed by atoms with Crippen LogP contribution in [0, 0.1) is 0 Å². The third-order valence-corrected chi connectivity index (χ3v) is 4.44. The van der Waals surface area contributed by atoms with Crippen molar-refractivity contribution in [2.45, 2.75) is 24.7 Å². The SMILES string of the molecule is CC(F)(F)C(F)(c1cc(Cl)c(NC(=O)c2ccc(N)cc2)c(Cl)c1)C(F)(F)F. The van der Waals surface area contributed by atoms with Gasteiger partial charge in [-0.05, 0) is 36.4 Å². The van der Waals surface area contributed by atoms with E-state index >= 15 is 0 Å². The van der Waals surface area contributed by atoms with Crippen molar-refractivity contribution in [2.75, 3.05) is 11.1 Å². The summed E-state index contributed by atoms with van der Waals surface area (Å²) in [7, 11) is 0. The molecule has 1 amide bonds. The molecule has 2 aromatic rings. The number of anilines is 2. The lowest BCUT2D eigenvalue weighted by molar-refractivity contribution is -0.304. The Balaban J connectivity index is 2.47. The number of amides is 1. The van der Waals surface area contributed by atoms with E-state index in [1.54, 1.807) is 0 Å². The van der Waals surface area contributed by atoms with E-state index in [9.17, 15) is 31.1 Å². The fourth-order valence-electron chi connectivity index (χ4n) is 2.38. The molecule has 0 bridgehead atoms. The molecule has 0 saturated heterocycles. The first-order valence-corrected chi connectivity index (χ1v) is 8.24. The van der Waals surface area contributed by atoms with Crippen LogP contribution in [0.5, 0.6) is 0 Å². The lowest BCUT2D eigenvalue weighted by Gasteiger charge is -2.33. The number of carbonyl (C=O) groups is 1. The maximum Gasteiger partial charge on any atom is 0.432 e. The van der Waals surface area contributed by atoms with Gasteiger partial charge in [0.2, 0.25) is 0 Å². The Kier molecular flexibility index (Phi) is 5.83. The maximum atomic E-state index is 14.5. The largest absolute Gasteiger partial charge is 0.432 e. The second-order valence-corrected chi connectivity index (χ2v) is 6.75. The molecule has 0 aliphatic rings. The average molecular weight is 445 g/mol. The summed E-state index contributed by atoms with van der Waals surface area (Å²) in [5.74, 6) is -5.58. The van der Waals surface area contributed by atoms with Gasteiger partial charge in [-0.3, -0.25) is 4.79 Å². The van der Waals surface area contributed by atoms with E-state index in [0.29, 0.717) is 17.8 Å².